The number of carbonyl (C=O) groups is 1. The highest BCUT2D eigenvalue weighted by atomic mass is 35.5. The van der Waals surface area contributed by atoms with Crippen LogP contribution in [0.3, 0.4) is 0 Å². The number of nitrogens with zero attached hydrogens (tertiary/aromatic N) is 3. The SMILES string of the molecule is CC1(C)CN(C(=O)c2cnc(-c3ccccc3Cl)nc2)CCN1. The number of aromatic nitrogens is 2. The van der Waals surface area contributed by atoms with Crippen LogP contribution in [0.2, 0.25) is 5.02 Å². The second kappa shape index (κ2) is 6.26. The van der Waals surface area contributed by atoms with E-state index in [1.165, 1.54) is 0 Å². The predicted octanol–water partition coefficient (Wildman–Crippen LogP) is 2.62. The van der Waals surface area contributed by atoms with Gasteiger partial charge in [-0.05, 0) is 26.0 Å². The topological polar surface area (TPSA) is 58.1 Å². The first-order valence-corrected chi connectivity index (χ1v) is 7.95. The van der Waals surface area contributed by atoms with Gasteiger partial charge < -0.3 is 10.2 Å². The fourth-order valence-corrected chi connectivity index (χ4v) is 2.94. The van der Waals surface area contributed by atoms with Crippen LogP contribution in [0, 0.1) is 0 Å². The number of halogens is 1. The number of carbonyl (C=O) groups excluding carboxylic acids is 1. The lowest BCUT2D eigenvalue weighted by atomic mass is 10.0. The molecule has 1 N–H and O–H groups in total. The molecule has 2 aromatic rings. The van der Waals surface area contributed by atoms with E-state index in [1.807, 2.05) is 23.1 Å². The summed E-state index contributed by atoms with van der Waals surface area (Å²) in [6, 6.07) is 7.39. The molecule has 2 heterocycles. The Morgan fingerprint density at radius 3 is 2.61 bits per heavy atom. The molecule has 23 heavy (non-hydrogen) atoms. The van der Waals surface area contributed by atoms with Crippen molar-refractivity contribution < 1.29 is 4.79 Å². The van der Waals surface area contributed by atoms with Gasteiger partial charge in [-0.15, -0.1) is 0 Å². The highest BCUT2D eigenvalue weighted by Crippen LogP contribution is 2.24. The van der Waals surface area contributed by atoms with E-state index in [2.05, 4.69) is 29.1 Å². The predicted molar refractivity (Wildman–Crippen MR) is 90.5 cm³/mol. The van der Waals surface area contributed by atoms with E-state index in [9.17, 15) is 4.79 Å². The number of amides is 1. The molecule has 5 nitrogen and oxygen atoms in total. The minimum Gasteiger partial charge on any atom is -0.335 e. The summed E-state index contributed by atoms with van der Waals surface area (Å²) >= 11 is 6.15. The number of benzene rings is 1. The highest BCUT2D eigenvalue weighted by molar-refractivity contribution is 6.33. The molecule has 6 heteroatoms. The largest absolute Gasteiger partial charge is 0.335 e. The van der Waals surface area contributed by atoms with Gasteiger partial charge in [-0.25, -0.2) is 9.97 Å². The summed E-state index contributed by atoms with van der Waals surface area (Å²) in [5.74, 6) is 0.484. The molecule has 1 aromatic carbocycles. The average Bonchev–Trinajstić information content (AvgIpc) is 2.54. The zero-order chi connectivity index (χ0) is 16.4. The first kappa shape index (κ1) is 15.9. The Morgan fingerprint density at radius 2 is 1.96 bits per heavy atom. The van der Waals surface area contributed by atoms with Crippen LogP contribution in [0.1, 0.15) is 24.2 Å². The number of piperazine rings is 1. The van der Waals surface area contributed by atoms with Gasteiger partial charge in [0.15, 0.2) is 5.82 Å². The average molecular weight is 331 g/mol. The molecule has 1 amide bonds. The van der Waals surface area contributed by atoms with Gasteiger partial charge in [0, 0.05) is 43.1 Å². The van der Waals surface area contributed by atoms with Crippen molar-refractivity contribution in [3.8, 4) is 11.4 Å². The zero-order valence-electron chi connectivity index (χ0n) is 13.2. The molecule has 0 aliphatic carbocycles. The first-order chi connectivity index (χ1) is 11.0. The fraction of sp³-hybridized carbons (Fsp3) is 0.353. The molecule has 1 aliphatic rings. The summed E-state index contributed by atoms with van der Waals surface area (Å²) in [6.45, 7) is 6.32. The molecular formula is C17H19ClN4O. The van der Waals surface area contributed by atoms with Crippen molar-refractivity contribution in [2.75, 3.05) is 19.6 Å². The smallest absolute Gasteiger partial charge is 0.257 e. The van der Waals surface area contributed by atoms with Crippen molar-refractivity contribution in [3.05, 3.63) is 47.2 Å². The summed E-state index contributed by atoms with van der Waals surface area (Å²) in [5.41, 5.74) is 1.18. The minimum absolute atomic E-state index is 0.0368. The van der Waals surface area contributed by atoms with Crippen LogP contribution in [0.15, 0.2) is 36.7 Å². The summed E-state index contributed by atoms with van der Waals surface area (Å²) < 4.78 is 0. The van der Waals surface area contributed by atoms with Crippen molar-refractivity contribution in [1.82, 2.24) is 20.2 Å². The van der Waals surface area contributed by atoms with Crippen molar-refractivity contribution in [1.29, 1.82) is 0 Å². The normalized spacial score (nSPS) is 17.1. The van der Waals surface area contributed by atoms with Crippen molar-refractivity contribution in [2.45, 2.75) is 19.4 Å². The van der Waals surface area contributed by atoms with Gasteiger partial charge in [0.2, 0.25) is 0 Å². The van der Waals surface area contributed by atoms with Crippen LogP contribution < -0.4 is 5.32 Å². The maximum atomic E-state index is 12.6. The molecule has 1 saturated heterocycles. The molecular weight excluding hydrogens is 312 g/mol. The Morgan fingerprint density at radius 1 is 1.26 bits per heavy atom. The van der Waals surface area contributed by atoms with Crippen LogP contribution in [-0.2, 0) is 0 Å². The van der Waals surface area contributed by atoms with E-state index in [0.717, 1.165) is 12.1 Å². The summed E-state index contributed by atoms with van der Waals surface area (Å²) in [7, 11) is 0. The Balaban J connectivity index is 1.80. The quantitative estimate of drug-likeness (QED) is 0.919. The van der Waals surface area contributed by atoms with Crippen LogP contribution >= 0.6 is 11.6 Å². The molecule has 0 atom stereocenters. The monoisotopic (exact) mass is 330 g/mol. The lowest BCUT2D eigenvalue weighted by Crippen LogP contribution is -2.58. The zero-order valence-corrected chi connectivity index (χ0v) is 14.0. The highest BCUT2D eigenvalue weighted by Gasteiger charge is 2.29. The third-order valence-corrected chi connectivity index (χ3v) is 4.20. The third kappa shape index (κ3) is 3.51. The van der Waals surface area contributed by atoms with Gasteiger partial charge in [-0.2, -0.15) is 0 Å². The second-order valence-corrected chi connectivity index (χ2v) is 6.72. The molecule has 0 spiro atoms. The van der Waals surface area contributed by atoms with Crippen molar-refractivity contribution in [2.24, 2.45) is 0 Å². The van der Waals surface area contributed by atoms with Crippen LogP contribution in [0.25, 0.3) is 11.4 Å². The number of hydrogen-bond acceptors (Lipinski definition) is 4. The van der Waals surface area contributed by atoms with Gasteiger partial charge in [0.1, 0.15) is 0 Å². The number of nitrogens with one attached hydrogen (secondary N) is 1. The molecule has 0 bridgehead atoms. The van der Waals surface area contributed by atoms with E-state index in [4.69, 9.17) is 11.6 Å². The van der Waals surface area contributed by atoms with E-state index >= 15 is 0 Å². The molecule has 0 unspecified atom stereocenters. The van der Waals surface area contributed by atoms with Gasteiger partial charge >= 0.3 is 0 Å². The summed E-state index contributed by atoms with van der Waals surface area (Å²) in [5, 5.41) is 3.98. The Bertz CT molecular complexity index is 715. The molecule has 0 saturated carbocycles. The first-order valence-electron chi connectivity index (χ1n) is 7.57. The van der Waals surface area contributed by atoms with E-state index < -0.39 is 0 Å². The standard InChI is InChI=1S/C17H19ClN4O/c1-17(2)11-22(8-7-21-17)16(23)12-9-19-15(20-10-12)13-5-3-4-6-14(13)18/h3-6,9-10,21H,7-8,11H2,1-2H3. The van der Waals surface area contributed by atoms with Gasteiger partial charge in [0.25, 0.3) is 5.91 Å². The van der Waals surface area contributed by atoms with Gasteiger partial charge in [-0.1, -0.05) is 23.7 Å². The third-order valence-electron chi connectivity index (χ3n) is 3.87. The van der Waals surface area contributed by atoms with Crippen LogP contribution in [-0.4, -0.2) is 45.9 Å². The van der Waals surface area contributed by atoms with E-state index in [1.54, 1.807) is 18.5 Å². The Labute approximate surface area is 140 Å². The maximum Gasteiger partial charge on any atom is 0.257 e. The van der Waals surface area contributed by atoms with E-state index in [0.29, 0.717) is 29.5 Å². The van der Waals surface area contributed by atoms with Gasteiger partial charge in [-0.3, -0.25) is 4.79 Å². The summed E-state index contributed by atoms with van der Waals surface area (Å²) in [4.78, 5) is 23.0. The van der Waals surface area contributed by atoms with Crippen LogP contribution in [0.4, 0.5) is 0 Å². The molecule has 3 rings (SSSR count). The van der Waals surface area contributed by atoms with E-state index in [-0.39, 0.29) is 11.4 Å². The Kier molecular flexibility index (Phi) is 4.33. The Hall–Kier alpha value is -1.98. The minimum atomic E-state index is -0.0771. The van der Waals surface area contributed by atoms with Crippen molar-refractivity contribution in [3.63, 3.8) is 0 Å². The molecule has 0 radical (unpaired) electrons. The lowest BCUT2D eigenvalue weighted by Gasteiger charge is -2.39. The van der Waals surface area contributed by atoms with Crippen LogP contribution in [0.5, 0.6) is 0 Å². The summed E-state index contributed by atoms with van der Waals surface area (Å²) in [6.07, 6.45) is 3.14. The molecule has 1 fully saturated rings. The number of hydrogen-bond donors (Lipinski definition) is 1. The molecule has 120 valence electrons. The van der Waals surface area contributed by atoms with Crippen molar-refractivity contribution >= 4 is 17.5 Å². The molecule has 1 aromatic heterocycles. The fourth-order valence-electron chi connectivity index (χ4n) is 2.72. The second-order valence-electron chi connectivity index (χ2n) is 6.31. The van der Waals surface area contributed by atoms with Gasteiger partial charge in [0.05, 0.1) is 10.6 Å². The number of rotatable bonds is 2. The molecule has 1 aliphatic heterocycles. The maximum absolute atomic E-state index is 12.6. The lowest BCUT2D eigenvalue weighted by molar-refractivity contribution is 0.0651.